The number of piperazine rings is 1. The summed E-state index contributed by atoms with van der Waals surface area (Å²) in [4.78, 5) is 20.4. The Bertz CT molecular complexity index is 740. The van der Waals surface area contributed by atoms with Crippen LogP contribution in [0.3, 0.4) is 0 Å². The second-order valence-corrected chi connectivity index (χ2v) is 5.97. The molecule has 6 heteroatoms. The number of carbonyl (C=O) groups excluding carboxylic acids is 1. The summed E-state index contributed by atoms with van der Waals surface area (Å²) in [6, 6.07) is 7.68. The van der Waals surface area contributed by atoms with Crippen molar-refractivity contribution < 1.29 is 4.79 Å². The van der Waals surface area contributed by atoms with Gasteiger partial charge in [0.15, 0.2) is 0 Å². The molecule has 1 aliphatic rings. The van der Waals surface area contributed by atoms with Gasteiger partial charge in [-0.15, -0.1) is 0 Å². The first-order chi connectivity index (χ1) is 11.3. The molecule has 5 nitrogen and oxygen atoms in total. The van der Waals surface area contributed by atoms with E-state index in [4.69, 9.17) is 5.26 Å². The number of rotatable bonds is 3. The van der Waals surface area contributed by atoms with Gasteiger partial charge in [0, 0.05) is 38.5 Å². The Morgan fingerprint density at radius 1 is 1.30 bits per heavy atom. The lowest BCUT2D eigenvalue weighted by molar-refractivity contribution is -0.126. The summed E-state index contributed by atoms with van der Waals surface area (Å²) in [5, 5.41) is 13.2. The molecule has 1 amide bonds. The molecule has 1 fully saturated rings. The molecule has 2 aromatic heterocycles. The average Bonchev–Trinajstić information content (AvgIpc) is 3.13. The summed E-state index contributed by atoms with van der Waals surface area (Å²) >= 11 is 1.61. The van der Waals surface area contributed by atoms with Crippen molar-refractivity contribution in [1.82, 2.24) is 9.88 Å². The Kier molecular flexibility index (Phi) is 4.69. The lowest BCUT2D eigenvalue weighted by Crippen LogP contribution is -2.48. The van der Waals surface area contributed by atoms with E-state index in [1.807, 2.05) is 27.8 Å². The van der Waals surface area contributed by atoms with Crippen molar-refractivity contribution in [2.24, 2.45) is 0 Å². The van der Waals surface area contributed by atoms with Gasteiger partial charge < -0.3 is 9.80 Å². The normalized spacial score (nSPS) is 14.9. The third-order valence-electron chi connectivity index (χ3n) is 3.76. The summed E-state index contributed by atoms with van der Waals surface area (Å²) in [5.41, 5.74) is 1.62. The van der Waals surface area contributed by atoms with Crippen molar-refractivity contribution in [3.63, 3.8) is 0 Å². The van der Waals surface area contributed by atoms with Crippen molar-refractivity contribution in [3.05, 3.63) is 52.4 Å². The van der Waals surface area contributed by atoms with E-state index in [-0.39, 0.29) is 5.91 Å². The van der Waals surface area contributed by atoms with Gasteiger partial charge in [-0.25, -0.2) is 4.98 Å². The molecule has 1 aliphatic heterocycles. The number of anilines is 1. The maximum atomic E-state index is 12.2. The molecule has 0 aliphatic carbocycles. The molecule has 0 bridgehead atoms. The molecule has 0 saturated carbocycles. The van der Waals surface area contributed by atoms with Gasteiger partial charge in [0.1, 0.15) is 11.9 Å². The van der Waals surface area contributed by atoms with Crippen LogP contribution in [0.15, 0.2) is 41.2 Å². The van der Waals surface area contributed by atoms with E-state index in [2.05, 4.69) is 16.0 Å². The minimum atomic E-state index is 0.0253. The lowest BCUT2D eigenvalue weighted by atomic mass is 10.2. The van der Waals surface area contributed by atoms with Gasteiger partial charge in [-0.1, -0.05) is 0 Å². The van der Waals surface area contributed by atoms with Gasteiger partial charge in [-0.3, -0.25) is 4.79 Å². The second-order valence-electron chi connectivity index (χ2n) is 5.19. The molecule has 23 heavy (non-hydrogen) atoms. The number of nitrogens with zero attached hydrogens (tertiary/aromatic N) is 4. The standard InChI is InChI=1S/C17H16N4OS/c18-12-15-2-1-6-19-17(15)21-9-7-20(8-10-21)16(22)4-3-14-5-11-23-13-14/h1-6,11,13H,7-10H2/b4-3+. The van der Waals surface area contributed by atoms with Gasteiger partial charge >= 0.3 is 0 Å². The van der Waals surface area contributed by atoms with E-state index >= 15 is 0 Å². The van der Waals surface area contributed by atoms with Crippen LogP contribution in [0.4, 0.5) is 5.82 Å². The quantitative estimate of drug-likeness (QED) is 0.813. The van der Waals surface area contributed by atoms with Crippen LogP contribution in [0.5, 0.6) is 0 Å². The molecular formula is C17H16N4OS. The van der Waals surface area contributed by atoms with E-state index in [1.165, 1.54) is 0 Å². The van der Waals surface area contributed by atoms with Crippen LogP contribution in [0.2, 0.25) is 0 Å². The Balaban J connectivity index is 1.60. The number of hydrogen-bond acceptors (Lipinski definition) is 5. The molecule has 0 unspecified atom stereocenters. The maximum absolute atomic E-state index is 12.2. The third kappa shape index (κ3) is 3.58. The number of aromatic nitrogens is 1. The van der Waals surface area contributed by atoms with E-state index in [0.717, 1.165) is 5.56 Å². The molecule has 116 valence electrons. The molecule has 0 aromatic carbocycles. The highest BCUT2D eigenvalue weighted by atomic mass is 32.1. The Hall–Kier alpha value is -2.65. The number of nitriles is 1. The molecule has 3 rings (SSSR count). The van der Waals surface area contributed by atoms with Gasteiger partial charge in [-0.05, 0) is 40.6 Å². The van der Waals surface area contributed by atoms with E-state index in [1.54, 1.807) is 35.7 Å². The molecule has 0 N–H and O–H groups in total. The largest absolute Gasteiger partial charge is 0.352 e. The fourth-order valence-electron chi connectivity index (χ4n) is 2.52. The van der Waals surface area contributed by atoms with E-state index in [0.29, 0.717) is 37.6 Å². The fraction of sp³-hybridized carbons (Fsp3) is 0.235. The molecule has 0 spiro atoms. The fourth-order valence-corrected chi connectivity index (χ4v) is 3.15. The number of amides is 1. The molecule has 0 radical (unpaired) electrons. The van der Waals surface area contributed by atoms with Gasteiger partial charge in [-0.2, -0.15) is 16.6 Å². The Morgan fingerprint density at radius 3 is 2.83 bits per heavy atom. The summed E-state index contributed by atoms with van der Waals surface area (Å²) < 4.78 is 0. The summed E-state index contributed by atoms with van der Waals surface area (Å²) in [7, 11) is 0. The summed E-state index contributed by atoms with van der Waals surface area (Å²) in [6.45, 7) is 2.63. The highest BCUT2D eigenvalue weighted by molar-refractivity contribution is 7.08. The maximum Gasteiger partial charge on any atom is 0.246 e. The van der Waals surface area contributed by atoms with Gasteiger partial charge in [0.05, 0.1) is 5.56 Å². The first-order valence-corrected chi connectivity index (χ1v) is 8.31. The SMILES string of the molecule is N#Cc1cccnc1N1CCN(C(=O)/C=C/c2ccsc2)CC1. The Labute approximate surface area is 139 Å². The van der Waals surface area contributed by atoms with Crippen molar-refractivity contribution in [1.29, 1.82) is 5.26 Å². The van der Waals surface area contributed by atoms with Crippen LogP contribution in [0.1, 0.15) is 11.1 Å². The van der Waals surface area contributed by atoms with Crippen LogP contribution < -0.4 is 4.90 Å². The average molecular weight is 324 g/mol. The number of thiophene rings is 1. The zero-order valence-corrected chi connectivity index (χ0v) is 13.4. The smallest absolute Gasteiger partial charge is 0.246 e. The van der Waals surface area contributed by atoms with E-state index < -0.39 is 0 Å². The number of hydrogen-bond donors (Lipinski definition) is 0. The predicted molar refractivity (Wildman–Crippen MR) is 91.1 cm³/mol. The minimum absolute atomic E-state index is 0.0253. The first kappa shape index (κ1) is 15.3. The number of carbonyl (C=O) groups is 1. The topological polar surface area (TPSA) is 60.2 Å². The second kappa shape index (κ2) is 7.07. The predicted octanol–water partition coefficient (Wildman–Crippen LogP) is 2.38. The molecule has 2 aromatic rings. The highest BCUT2D eigenvalue weighted by Gasteiger charge is 2.22. The van der Waals surface area contributed by atoms with Crippen molar-refractivity contribution in [3.8, 4) is 6.07 Å². The van der Waals surface area contributed by atoms with Crippen LogP contribution in [0.25, 0.3) is 6.08 Å². The van der Waals surface area contributed by atoms with Crippen molar-refractivity contribution in [2.45, 2.75) is 0 Å². The lowest BCUT2D eigenvalue weighted by Gasteiger charge is -2.35. The summed E-state index contributed by atoms with van der Waals surface area (Å²) in [5.74, 6) is 0.730. The monoisotopic (exact) mass is 324 g/mol. The Morgan fingerprint density at radius 2 is 2.13 bits per heavy atom. The summed E-state index contributed by atoms with van der Waals surface area (Å²) in [6.07, 6.45) is 5.16. The van der Waals surface area contributed by atoms with Gasteiger partial charge in [0.25, 0.3) is 0 Å². The van der Waals surface area contributed by atoms with E-state index in [9.17, 15) is 4.79 Å². The first-order valence-electron chi connectivity index (χ1n) is 7.37. The van der Waals surface area contributed by atoms with Crippen LogP contribution in [-0.4, -0.2) is 42.0 Å². The van der Waals surface area contributed by atoms with Crippen LogP contribution in [0, 0.1) is 11.3 Å². The molecule has 1 saturated heterocycles. The van der Waals surface area contributed by atoms with Gasteiger partial charge in [0.2, 0.25) is 5.91 Å². The van der Waals surface area contributed by atoms with Crippen molar-refractivity contribution >= 4 is 29.1 Å². The zero-order valence-electron chi connectivity index (χ0n) is 12.6. The third-order valence-corrected chi connectivity index (χ3v) is 4.46. The highest BCUT2D eigenvalue weighted by Crippen LogP contribution is 2.18. The van der Waals surface area contributed by atoms with Crippen molar-refractivity contribution in [2.75, 3.05) is 31.1 Å². The van der Waals surface area contributed by atoms with Crippen LogP contribution in [-0.2, 0) is 4.79 Å². The van der Waals surface area contributed by atoms with Crippen LogP contribution >= 0.6 is 11.3 Å². The number of pyridine rings is 1. The molecule has 3 heterocycles. The zero-order chi connectivity index (χ0) is 16.1. The minimum Gasteiger partial charge on any atom is -0.352 e. The molecule has 0 atom stereocenters. The molecular weight excluding hydrogens is 308 g/mol.